The predicted octanol–water partition coefficient (Wildman–Crippen LogP) is 4.41. The van der Waals surface area contributed by atoms with Crippen molar-refractivity contribution in [3.8, 4) is 0 Å². The zero-order valence-corrected chi connectivity index (χ0v) is 12.5. The maximum Gasteiger partial charge on any atom is 0.165 e. The summed E-state index contributed by atoms with van der Waals surface area (Å²) >= 11 is 0. The van der Waals surface area contributed by atoms with E-state index in [0.29, 0.717) is 17.5 Å². The van der Waals surface area contributed by atoms with E-state index in [1.807, 2.05) is 74.5 Å². The van der Waals surface area contributed by atoms with E-state index in [1.54, 1.807) is 0 Å². The lowest BCUT2D eigenvalue weighted by Crippen LogP contribution is -2.19. The van der Waals surface area contributed by atoms with Gasteiger partial charge in [0.2, 0.25) is 0 Å². The molecule has 0 N–H and O–H groups in total. The van der Waals surface area contributed by atoms with Gasteiger partial charge in [0, 0.05) is 23.0 Å². The average molecular weight is 280 g/mol. The molecule has 21 heavy (non-hydrogen) atoms. The number of carbonyl (C=O) groups is 2. The smallest absolute Gasteiger partial charge is 0.165 e. The van der Waals surface area contributed by atoms with Gasteiger partial charge in [-0.2, -0.15) is 0 Å². The van der Waals surface area contributed by atoms with E-state index in [-0.39, 0.29) is 23.4 Å². The van der Waals surface area contributed by atoms with E-state index < -0.39 is 0 Å². The molecule has 0 radical (unpaired) electrons. The molecule has 0 spiro atoms. The standard InChI is InChI=1S/C19H20O2/c1-14(18(20)16-9-5-3-6-10-16)13-15(2)19(21)17-11-7-4-8-12-17/h3-12,14-15H,13H2,1-2H3/t14-,15+. The van der Waals surface area contributed by atoms with Crippen LogP contribution in [-0.2, 0) is 0 Å². The van der Waals surface area contributed by atoms with E-state index in [4.69, 9.17) is 0 Å². The van der Waals surface area contributed by atoms with Crippen LogP contribution in [0.15, 0.2) is 60.7 Å². The van der Waals surface area contributed by atoms with E-state index in [1.165, 1.54) is 0 Å². The van der Waals surface area contributed by atoms with Crippen LogP contribution in [0.25, 0.3) is 0 Å². The summed E-state index contributed by atoms with van der Waals surface area (Å²) in [5.41, 5.74) is 1.42. The molecule has 2 aromatic carbocycles. The minimum absolute atomic E-state index is 0.100. The van der Waals surface area contributed by atoms with E-state index in [2.05, 4.69) is 0 Å². The molecule has 0 aliphatic heterocycles. The zero-order chi connectivity index (χ0) is 15.2. The van der Waals surface area contributed by atoms with Crippen LogP contribution >= 0.6 is 0 Å². The van der Waals surface area contributed by atoms with Crippen LogP contribution in [0, 0.1) is 11.8 Å². The Morgan fingerprint density at radius 1 is 0.714 bits per heavy atom. The Bertz CT molecular complexity index is 546. The minimum atomic E-state index is -0.157. The molecule has 0 amide bonds. The van der Waals surface area contributed by atoms with Crippen molar-refractivity contribution in [2.45, 2.75) is 20.3 Å². The molecule has 2 nitrogen and oxygen atoms in total. The third-order valence-corrected chi connectivity index (χ3v) is 3.72. The number of Topliss-reactive ketones (excluding diaryl/α,β-unsaturated/α-hetero) is 2. The maximum absolute atomic E-state index is 12.3. The quantitative estimate of drug-likeness (QED) is 0.734. The second kappa shape index (κ2) is 6.98. The van der Waals surface area contributed by atoms with Gasteiger partial charge in [-0.3, -0.25) is 9.59 Å². The number of hydrogen-bond donors (Lipinski definition) is 0. The van der Waals surface area contributed by atoms with Gasteiger partial charge in [-0.05, 0) is 6.42 Å². The van der Waals surface area contributed by atoms with Crippen molar-refractivity contribution in [3.05, 3.63) is 71.8 Å². The average Bonchev–Trinajstić information content (AvgIpc) is 2.55. The van der Waals surface area contributed by atoms with Crippen LogP contribution in [0.5, 0.6) is 0 Å². The van der Waals surface area contributed by atoms with Crippen molar-refractivity contribution in [1.29, 1.82) is 0 Å². The molecule has 0 unspecified atom stereocenters. The molecule has 2 atom stereocenters. The van der Waals surface area contributed by atoms with Crippen molar-refractivity contribution in [1.82, 2.24) is 0 Å². The molecular weight excluding hydrogens is 260 g/mol. The monoisotopic (exact) mass is 280 g/mol. The summed E-state index contributed by atoms with van der Waals surface area (Å²) in [5, 5.41) is 0. The fourth-order valence-corrected chi connectivity index (χ4v) is 2.52. The second-order valence-electron chi connectivity index (χ2n) is 5.50. The minimum Gasteiger partial charge on any atom is -0.294 e. The largest absolute Gasteiger partial charge is 0.294 e. The first kappa shape index (κ1) is 15.2. The molecule has 0 aliphatic rings. The third-order valence-electron chi connectivity index (χ3n) is 3.72. The lowest BCUT2D eigenvalue weighted by atomic mass is 9.87. The van der Waals surface area contributed by atoms with Gasteiger partial charge in [0.05, 0.1) is 0 Å². The predicted molar refractivity (Wildman–Crippen MR) is 84.5 cm³/mol. The summed E-state index contributed by atoms with van der Waals surface area (Å²) in [6, 6.07) is 18.5. The van der Waals surface area contributed by atoms with Gasteiger partial charge >= 0.3 is 0 Å². The van der Waals surface area contributed by atoms with Crippen LogP contribution in [0.3, 0.4) is 0 Å². The van der Waals surface area contributed by atoms with Gasteiger partial charge in [-0.1, -0.05) is 74.5 Å². The van der Waals surface area contributed by atoms with Crippen LogP contribution < -0.4 is 0 Å². The van der Waals surface area contributed by atoms with Crippen molar-refractivity contribution in [2.24, 2.45) is 11.8 Å². The van der Waals surface area contributed by atoms with Crippen LogP contribution in [0.1, 0.15) is 41.0 Å². The van der Waals surface area contributed by atoms with Crippen molar-refractivity contribution in [3.63, 3.8) is 0 Å². The maximum atomic E-state index is 12.3. The van der Waals surface area contributed by atoms with Gasteiger partial charge in [-0.15, -0.1) is 0 Å². The normalized spacial score (nSPS) is 13.4. The fourth-order valence-electron chi connectivity index (χ4n) is 2.52. The van der Waals surface area contributed by atoms with Gasteiger partial charge in [0.25, 0.3) is 0 Å². The molecule has 0 heterocycles. The number of carbonyl (C=O) groups excluding carboxylic acids is 2. The molecule has 2 heteroatoms. The Morgan fingerprint density at radius 3 is 1.38 bits per heavy atom. The Morgan fingerprint density at radius 2 is 1.05 bits per heavy atom. The van der Waals surface area contributed by atoms with Crippen LogP contribution in [0.2, 0.25) is 0 Å². The lowest BCUT2D eigenvalue weighted by Gasteiger charge is -2.15. The summed E-state index contributed by atoms with van der Waals surface area (Å²) in [5.74, 6) is -0.114. The molecule has 0 fully saturated rings. The highest BCUT2D eigenvalue weighted by Crippen LogP contribution is 2.20. The molecule has 2 aromatic rings. The number of ketones is 2. The number of rotatable bonds is 6. The molecule has 2 rings (SSSR count). The topological polar surface area (TPSA) is 34.1 Å². The highest BCUT2D eigenvalue weighted by Gasteiger charge is 2.22. The van der Waals surface area contributed by atoms with E-state index in [0.717, 1.165) is 0 Å². The summed E-state index contributed by atoms with van der Waals surface area (Å²) < 4.78 is 0. The van der Waals surface area contributed by atoms with E-state index in [9.17, 15) is 9.59 Å². The van der Waals surface area contributed by atoms with Crippen LogP contribution in [0.4, 0.5) is 0 Å². The first-order valence-corrected chi connectivity index (χ1v) is 7.28. The lowest BCUT2D eigenvalue weighted by molar-refractivity contribution is 0.0866. The Hall–Kier alpha value is -2.22. The van der Waals surface area contributed by atoms with E-state index >= 15 is 0 Å². The van der Waals surface area contributed by atoms with Gasteiger partial charge < -0.3 is 0 Å². The molecule has 0 bridgehead atoms. The molecule has 0 aliphatic carbocycles. The zero-order valence-electron chi connectivity index (χ0n) is 12.5. The Balaban J connectivity index is 2.01. The summed E-state index contributed by atoms with van der Waals surface area (Å²) in [6.07, 6.45) is 0.571. The van der Waals surface area contributed by atoms with Crippen LogP contribution in [-0.4, -0.2) is 11.6 Å². The highest BCUT2D eigenvalue weighted by molar-refractivity contribution is 6.00. The second-order valence-corrected chi connectivity index (χ2v) is 5.50. The van der Waals surface area contributed by atoms with Crippen molar-refractivity contribution in [2.75, 3.05) is 0 Å². The summed E-state index contributed by atoms with van der Waals surface area (Å²) in [7, 11) is 0. The van der Waals surface area contributed by atoms with Gasteiger partial charge in [-0.25, -0.2) is 0 Å². The summed E-state index contributed by atoms with van der Waals surface area (Å²) in [4.78, 5) is 24.7. The number of benzene rings is 2. The number of hydrogen-bond acceptors (Lipinski definition) is 2. The highest BCUT2D eigenvalue weighted by atomic mass is 16.1. The first-order valence-electron chi connectivity index (χ1n) is 7.28. The van der Waals surface area contributed by atoms with Crippen molar-refractivity contribution >= 4 is 11.6 Å². The Labute approximate surface area is 125 Å². The summed E-state index contributed by atoms with van der Waals surface area (Å²) in [6.45, 7) is 3.79. The first-order chi connectivity index (χ1) is 10.1. The van der Waals surface area contributed by atoms with Gasteiger partial charge in [0.15, 0.2) is 11.6 Å². The molecule has 0 aromatic heterocycles. The molecule has 108 valence electrons. The molecule has 0 saturated heterocycles. The fraction of sp³-hybridized carbons (Fsp3) is 0.263. The molecule has 0 saturated carbocycles. The Kier molecular flexibility index (Phi) is 5.04. The SMILES string of the molecule is C[C@H](C[C@H](C)C(=O)c1ccccc1)C(=O)c1ccccc1. The third kappa shape index (κ3) is 3.88. The van der Waals surface area contributed by atoms with Gasteiger partial charge in [0.1, 0.15) is 0 Å². The van der Waals surface area contributed by atoms with Crippen molar-refractivity contribution < 1.29 is 9.59 Å². The molecular formula is C19H20O2.